The number of nitrogens with one attached hydrogen (secondary N) is 2. The molecule has 9 nitrogen and oxygen atoms in total. The van der Waals surface area contributed by atoms with Crippen LogP contribution in [0.15, 0.2) is 12.1 Å². The van der Waals surface area contributed by atoms with Gasteiger partial charge in [0.2, 0.25) is 0 Å². The smallest absolute Gasteiger partial charge is 0.329 e. The molecule has 0 bridgehead atoms. The predicted molar refractivity (Wildman–Crippen MR) is 58.2 cm³/mol. The monoisotopic (exact) mass is 257 g/mol. The SMILES string of the molecule is O=C(O)COCCNC(=O)c1ccc([N+](=O)[O-])[nH]1. The van der Waals surface area contributed by atoms with Gasteiger partial charge in [0.25, 0.3) is 5.91 Å². The standard InChI is InChI=1S/C9H11N3O6/c13-8(14)5-18-4-3-10-9(15)6-1-2-7(11-6)12(16)17/h1-2,11H,3-5H2,(H,10,15)(H,13,14). The molecule has 9 heteroatoms. The summed E-state index contributed by atoms with van der Waals surface area (Å²) < 4.78 is 4.69. The first-order valence-corrected chi connectivity index (χ1v) is 4.92. The van der Waals surface area contributed by atoms with Gasteiger partial charge >= 0.3 is 11.8 Å². The van der Waals surface area contributed by atoms with Crippen molar-refractivity contribution in [2.75, 3.05) is 19.8 Å². The van der Waals surface area contributed by atoms with Crippen LogP contribution in [0.5, 0.6) is 0 Å². The molecule has 0 aromatic carbocycles. The quantitative estimate of drug-likeness (QED) is 0.350. The lowest BCUT2D eigenvalue weighted by molar-refractivity contribution is -0.389. The van der Waals surface area contributed by atoms with Gasteiger partial charge in [-0.05, 0) is 11.0 Å². The van der Waals surface area contributed by atoms with E-state index in [0.717, 1.165) is 0 Å². The summed E-state index contributed by atoms with van der Waals surface area (Å²) in [6.07, 6.45) is 0. The molecular weight excluding hydrogens is 246 g/mol. The first-order chi connectivity index (χ1) is 8.50. The lowest BCUT2D eigenvalue weighted by atomic mass is 10.4. The van der Waals surface area contributed by atoms with Crippen LogP contribution in [0.2, 0.25) is 0 Å². The number of rotatable bonds is 7. The molecule has 0 radical (unpaired) electrons. The van der Waals surface area contributed by atoms with Crippen molar-refractivity contribution >= 4 is 17.7 Å². The Morgan fingerprint density at radius 2 is 2.22 bits per heavy atom. The normalized spacial score (nSPS) is 10.0. The molecule has 3 N–H and O–H groups in total. The number of aromatic amines is 1. The van der Waals surface area contributed by atoms with Crippen molar-refractivity contribution in [1.82, 2.24) is 10.3 Å². The highest BCUT2D eigenvalue weighted by molar-refractivity contribution is 5.92. The fourth-order valence-corrected chi connectivity index (χ4v) is 1.11. The largest absolute Gasteiger partial charge is 0.480 e. The number of hydrogen-bond donors (Lipinski definition) is 3. The second-order valence-electron chi connectivity index (χ2n) is 3.22. The van der Waals surface area contributed by atoms with E-state index in [1.807, 2.05) is 0 Å². The van der Waals surface area contributed by atoms with Crippen molar-refractivity contribution in [3.05, 3.63) is 27.9 Å². The van der Waals surface area contributed by atoms with Crippen molar-refractivity contribution in [3.63, 3.8) is 0 Å². The van der Waals surface area contributed by atoms with Gasteiger partial charge in [-0.25, -0.2) is 9.78 Å². The van der Waals surface area contributed by atoms with Crippen LogP contribution in [0.4, 0.5) is 5.82 Å². The Morgan fingerprint density at radius 1 is 1.50 bits per heavy atom. The highest BCUT2D eigenvalue weighted by atomic mass is 16.6. The average molecular weight is 257 g/mol. The number of carboxylic acids is 1. The zero-order valence-electron chi connectivity index (χ0n) is 9.21. The Morgan fingerprint density at radius 3 is 2.78 bits per heavy atom. The molecular formula is C9H11N3O6. The number of ether oxygens (including phenoxy) is 1. The number of carbonyl (C=O) groups is 2. The van der Waals surface area contributed by atoms with Gasteiger partial charge in [-0.2, -0.15) is 0 Å². The minimum absolute atomic E-state index is 0.0425. The van der Waals surface area contributed by atoms with Crippen LogP contribution in [0, 0.1) is 10.1 Å². The maximum absolute atomic E-state index is 11.4. The highest BCUT2D eigenvalue weighted by Gasteiger charge is 2.14. The van der Waals surface area contributed by atoms with Gasteiger partial charge in [0.05, 0.1) is 6.61 Å². The fourth-order valence-electron chi connectivity index (χ4n) is 1.11. The second-order valence-corrected chi connectivity index (χ2v) is 3.22. The Labute approximate surface area is 101 Å². The van der Waals surface area contributed by atoms with Crippen molar-refractivity contribution in [3.8, 4) is 0 Å². The molecule has 0 aliphatic rings. The Hall–Kier alpha value is -2.42. The third-order valence-electron chi connectivity index (χ3n) is 1.87. The van der Waals surface area contributed by atoms with E-state index in [1.54, 1.807) is 0 Å². The first-order valence-electron chi connectivity index (χ1n) is 4.92. The molecule has 1 amide bonds. The Balaban J connectivity index is 2.32. The van der Waals surface area contributed by atoms with Gasteiger partial charge in [0.15, 0.2) is 5.69 Å². The van der Waals surface area contributed by atoms with E-state index < -0.39 is 23.4 Å². The second kappa shape index (κ2) is 6.35. The maximum Gasteiger partial charge on any atom is 0.329 e. The summed E-state index contributed by atoms with van der Waals surface area (Å²) in [5.74, 6) is -1.90. The fraction of sp³-hybridized carbons (Fsp3) is 0.333. The molecule has 1 rings (SSSR count). The molecule has 0 atom stereocenters. The number of H-pyrrole nitrogens is 1. The van der Waals surface area contributed by atoms with Gasteiger partial charge in [-0.15, -0.1) is 0 Å². The zero-order chi connectivity index (χ0) is 13.5. The Kier molecular flexibility index (Phi) is 4.81. The molecule has 0 aliphatic carbocycles. The van der Waals surface area contributed by atoms with Gasteiger partial charge in [-0.1, -0.05) is 0 Å². The third-order valence-corrected chi connectivity index (χ3v) is 1.87. The van der Waals surface area contributed by atoms with Crippen molar-refractivity contribution in [2.24, 2.45) is 0 Å². The summed E-state index contributed by atoms with van der Waals surface area (Å²) in [5.41, 5.74) is 0.0555. The molecule has 1 heterocycles. The number of hydrogen-bond acceptors (Lipinski definition) is 5. The minimum Gasteiger partial charge on any atom is -0.480 e. The van der Waals surface area contributed by atoms with E-state index in [0.29, 0.717) is 0 Å². The summed E-state index contributed by atoms with van der Waals surface area (Å²) in [6, 6.07) is 2.46. The molecule has 1 aromatic heterocycles. The number of nitrogens with zero attached hydrogens (tertiary/aromatic N) is 1. The summed E-state index contributed by atoms with van der Waals surface area (Å²) in [6.45, 7) is -0.288. The van der Waals surface area contributed by atoms with Gasteiger partial charge in [0, 0.05) is 12.6 Å². The number of carboxylic acid groups (broad SMARTS) is 1. The number of carbonyl (C=O) groups excluding carboxylic acids is 1. The van der Waals surface area contributed by atoms with Crippen LogP contribution < -0.4 is 5.32 Å². The third kappa shape index (κ3) is 4.22. The summed E-state index contributed by atoms with van der Waals surface area (Å²) in [4.78, 5) is 33.6. The summed E-state index contributed by atoms with van der Waals surface area (Å²) in [5, 5.41) is 21.1. The van der Waals surface area contributed by atoms with E-state index in [-0.39, 0.29) is 24.7 Å². The Bertz CT molecular complexity index is 455. The topological polar surface area (TPSA) is 135 Å². The molecule has 0 fully saturated rings. The summed E-state index contributed by atoms with van der Waals surface area (Å²) in [7, 11) is 0. The molecule has 0 aliphatic heterocycles. The van der Waals surface area contributed by atoms with E-state index in [9.17, 15) is 19.7 Å². The van der Waals surface area contributed by atoms with Crippen LogP contribution in [0.25, 0.3) is 0 Å². The van der Waals surface area contributed by atoms with Crippen LogP contribution in [-0.2, 0) is 9.53 Å². The van der Waals surface area contributed by atoms with Crippen LogP contribution >= 0.6 is 0 Å². The van der Waals surface area contributed by atoms with E-state index in [2.05, 4.69) is 10.3 Å². The zero-order valence-corrected chi connectivity index (χ0v) is 9.21. The van der Waals surface area contributed by atoms with Gasteiger partial charge < -0.3 is 25.3 Å². The number of nitro groups is 1. The first kappa shape index (κ1) is 13.6. The van der Waals surface area contributed by atoms with E-state index in [1.165, 1.54) is 12.1 Å². The number of aromatic nitrogens is 1. The van der Waals surface area contributed by atoms with Gasteiger partial charge in [0.1, 0.15) is 6.61 Å². The average Bonchev–Trinajstić information content (AvgIpc) is 2.77. The molecule has 0 saturated heterocycles. The van der Waals surface area contributed by atoms with Gasteiger partial charge in [-0.3, -0.25) is 4.79 Å². The summed E-state index contributed by atoms with van der Waals surface area (Å²) >= 11 is 0. The van der Waals surface area contributed by atoms with Crippen molar-refractivity contribution in [2.45, 2.75) is 0 Å². The number of aliphatic carboxylic acids is 1. The molecule has 0 unspecified atom stereocenters. The van der Waals surface area contributed by atoms with Crippen LogP contribution in [0.1, 0.15) is 10.5 Å². The highest BCUT2D eigenvalue weighted by Crippen LogP contribution is 2.09. The lowest BCUT2D eigenvalue weighted by Gasteiger charge is -2.02. The molecule has 0 spiro atoms. The molecule has 98 valence electrons. The van der Waals surface area contributed by atoms with Crippen molar-refractivity contribution in [1.29, 1.82) is 0 Å². The van der Waals surface area contributed by atoms with Crippen LogP contribution in [-0.4, -0.2) is 46.6 Å². The maximum atomic E-state index is 11.4. The minimum atomic E-state index is -1.10. The predicted octanol–water partition coefficient (Wildman–Crippen LogP) is -0.246. The number of amides is 1. The molecule has 0 saturated carbocycles. The molecule has 18 heavy (non-hydrogen) atoms. The van der Waals surface area contributed by atoms with E-state index in [4.69, 9.17) is 9.84 Å². The molecule has 1 aromatic rings. The van der Waals surface area contributed by atoms with Crippen molar-refractivity contribution < 1.29 is 24.4 Å². The van der Waals surface area contributed by atoms with Crippen LogP contribution in [0.3, 0.4) is 0 Å². The van der Waals surface area contributed by atoms with E-state index >= 15 is 0 Å². The lowest BCUT2D eigenvalue weighted by Crippen LogP contribution is -2.28.